The maximum atomic E-state index is 12.5. The van der Waals surface area contributed by atoms with Crippen molar-refractivity contribution in [1.82, 2.24) is 10.2 Å². The fraction of sp³-hybridized carbons (Fsp3) is 0.263. The molecule has 3 rings (SSSR count). The summed E-state index contributed by atoms with van der Waals surface area (Å²) in [5.41, 5.74) is 0.405. The van der Waals surface area contributed by atoms with E-state index in [-0.39, 0.29) is 28.4 Å². The van der Waals surface area contributed by atoms with Crippen molar-refractivity contribution in [2.24, 2.45) is 0 Å². The zero-order valence-electron chi connectivity index (χ0n) is 14.7. The maximum absolute atomic E-state index is 12.5. The lowest BCUT2D eigenvalue weighted by molar-refractivity contribution is 0.0697. The summed E-state index contributed by atoms with van der Waals surface area (Å²) < 4.78 is 0. The van der Waals surface area contributed by atoms with Gasteiger partial charge in [-0.15, -0.1) is 0 Å². The van der Waals surface area contributed by atoms with Gasteiger partial charge in [0.25, 0.3) is 11.8 Å². The lowest BCUT2D eigenvalue weighted by Gasteiger charge is -2.32. The number of halogens is 2. The number of phenols is 3. The van der Waals surface area contributed by atoms with Crippen LogP contribution in [0.15, 0.2) is 30.3 Å². The van der Waals surface area contributed by atoms with Gasteiger partial charge in [0.2, 0.25) is 0 Å². The summed E-state index contributed by atoms with van der Waals surface area (Å²) in [5.74, 6) is -2.48. The third kappa shape index (κ3) is 4.26. The third-order valence-electron chi connectivity index (χ3n) is 4.61. The summed E-state index contributed by atoms with van der Waals surface area (Å²) in [7, 11) is 0. The van der Waals surface area contributed by atoms with E-state index in [2.05, 4.69) is 5.32 Å². The Hall–Kier alpha value is -2.64. The number of carbonyl (C=O) groups is 2. The van der Waals surface area contributed by atoms with Gasteiger partial charge in [-0.2, -0.15) is 0 Å². The molecule has 0 spiro atoms. The highest BCUT2D eigenvalue weighted by atomic mass is 35.5. The molecule has 0 radical (unpaired) electrons. The molecule has 1 aliphatic rings. The molecule has 1 saturated heterocycles. The Morgan fingerprint density at radius 1 is 1.00 bits per heavy atom. The predicted octanol–water partition coefficient (Wildman–Crippen LogP) is 3.14. The summed E-state index contributed by atoms with van der Waals surface area (Å²) >= 11 is 11.9. The average molecular weight is 425 g/mol. The second-order valence-electron chi connectivity index (χ2n) is 6.53. The molecule has 2 aromatic carbocycles. The second-order valence-corrected chi connectivity index (χ2v) is 7.37. The number of aromatic hydroxyl groups is 3. The van der Waals surface area contributed by atoms with E-state index in [0.29, 0.717) is 36.5 Å². The molecule has 0 aliphatic carbocycles. The van der Waals surface area contributed by atoms with Crippen LogP contribution in [0.3, 0.4) is 0 Å². The summed E-state index contributed by atoms with van der Waals surface area (Å²) in [6.07, 6.45) is 1.08. The van der Waals surface area contributed by atoms with E-state index in [9.17, 15) is 24.9 Å². The van der Waals surface area contributed by atoms with Crippen molar-refractivity contribution in [2.75, 3.05) is 13.1 Å². The Morgan fingerprint density at radius 2 is 1.61 bits per heavy atom. The van der Waals surface area contributed by atoms with Gasteiger partial charge in [0.15, 0.2) is 17.2 Å². The van der Waals surface area contributed by atoms with Gasteiger partial charge in [-0.1, -0.05) is 23.2 Å². The van der Waals surface area contributed by atoms with Gasteiger partial charge in [-0.25, -0.2) is 0 Å². The number of amides is 2. The van der Waals surface area contributed by atoms with Crippen LogP contribution in [0.25, 0.3) is 0 Å². The highest BCUT2D eigenvalue weighted by molar-refractivity contribution is 6.36. The second kappa shape index (κ2) is 8.16. The number of likely N-dealkylation sites (tertiary alicyclic amines) is 1. The maximum Gasteiger partial charge on any atom is 0.254 e. The van der Waals surface area contributed by atoms with E-state index in [4.69, 9.17) is 23.2 Å². The molecule has 1 fully saturated rings. The van der Waals surface area contributed by atoms with Crippen molar-refractivity contribution < 1.29 is 24.9 Å². The van der Waals surface area contributed by atoms with Crippen LogP contribution in [-0.2, 0) is 0 Å². The first-order valence-electron chi connectivity index (χ1n) is 8.56. The molecule has 0 bridgehead atoms. The molecule has 1 heterocycles. The van der Waals surface area contributed by atoms with E-state index < -0.39 is 17.2 Å². The van der Waals surface area contributed by atoms with Crippen LogP contribution >= 0.6 is 23.2 Å². The molecule has 148 valence electrons. The standard InChI is InChI=1S/C19H18Cl2N2O5/c20-11-1-2-13(14(21)9-11)18(27)22-12-3-5-23(6-4-12)19(28)10-7-15(24)17(26)16(25)8-10/h1-2,7-9,12,24-26H,3-6H2,(H,22,27). The Morgan fingerprint density at radius 3 is 2.18 bits per heavy atom. The highest BCUT2D eigenvalue weighted by Crippen LogP contribution is 2.35. The fourth-order valence-corrected chi connectivity index (χ4v) is 3.57. The third-order valence-corrected chi connectivity index (χ3v) is 5.16. The molecule has 7 nitrogen and oxygen atoms in total. The number of hydrogen-bond acceptors (Lipinski definition) is 5. The largest absolute Gasteiger partial charge is 0.504 e. The number of phenolic OH excluding ortho intramolecular Hbond substituents is 3. The van der Waals surface area contributed by atoms with Crippen LogP contribution in [0.1, 0.15) is 33.6 Å². The normalized spacial score (nSPS) is 14.7. The number of nitrogens with zero attached hydrogens (tertiary/aromatic N) is 1. The van der Waals surface area contributed by atoms with Gasteiger partial charge in [0.1, 0.15) is 0 Å². The number of carbonyl (C=O) groups excluding carboxylic acids is 2. The van der Waals surface area contributed by atoms with Gasteiger partial charge >= 0.3 is 0 Å². The quantitative estimate of drug-likeness (QED) is 0.565. The number of nitrogens with one attached hydrogen (secondary N) is 1. The molecule has 0 atom stereocenters. The minimum absolute atomic E-state index is 0.0724. The fourth-order valence-electron chi connectivity index (χ4n) is 3.07. The number of piperidine rings is 1. The topological polar surface area (TPSA) is 110 Å². The first-order chi connectivity index (χ1) is 13.3. The minimum atomic E-state index is -0.668. The van der Waals surface area contributed by atoms with Crippen LogP contribution in [0.4, 0.5) is 0 Å². The van der Waals surface area contributed by atoms with Gasteiger partial charge in [-0.3, -0.25) is 9.59 Å². The van der Waals surface area contributed by atoms with Crippen LogP contribution in [-0.4, -0.2) is 51.2 Å². The Bertz CT molecular complexity index is 904. The average Bonchev–Trinajstić information content (AvgIpc) is 2.65. The Kier molecular flexibility index (Phi) is 5.86. The monoisotopic (exact) mass is 424 g/mol. The zero-order chi connectivity index (χ0) is 20.4. The Labute approximate surface area is 171 Å². The van der Waals surface area contributed by atoms with Crippen molar-refractivity contribution in [3.63, 3.8) is 0 Å². The van der Waals surface area contributed by atoms with E-state index in [1.807, 2.05) is 0 Å². The molecular weight excluding hydrogens is 407 g/mol. The molecule has 1 aliphatic heterocycles. The lowest BCUT2D eigenvalue weighted by Crippen LogP contribution is -2.46. The van der Waals surface area contributed by atoms with Gasteiger partial charge in [0, 0.05) is 29.7 Å². The number of hydrogen-bond donors (Lipinski definition) is 4. The lowest BCUT2D eigenvalue weighted by atomic mass is 10.0. The zero-order valence-corrected chi connectivity index (χ0v) is 16.2. The van der Waals surface area contributed by atoms with Gasteiger partial charge < -0.3 is 25.5 Å². The molecule has 2 aromatic rings. The summed E-state index contributed by atoms with van der Waals surface area (Å²) in [5, 5.41) is 32.1. The van der Waals surface area contributed by atoms with Crippen molar-refractivity contribution in [3.8, 4) is 17.2 Å². The Balaban J connectivity index is 1.60. The summed E-state index contributed by atoms with van der Waals surface area (Å²) in [6, 6.07) is 6.74. The SMILES string of the molecule is O=C(NC1CCN(C(=O)c2cc(O)c(O)c(O)c2)CC1)c1ccc(Cl)cc1Cl. The first kappa shape index (κ1) is 20.1. The first-order valence-corrected chi connectivity index (χ1v) is 9.32. The van der Waals surface area contributed by atoms with Crippen molar-refractivity contribution >= 4 is 35.0 Å². The molecule has 0 unspecified atom stereocenters. The van der Waals surface area contributed by atoms with E-state index in [1.54, 1.807) is 17.0 Å². The van der Waals surface area contributed by atoms with E-state index >= 15 is 0 Å². The minimum Gasteiger partial charge on any atom is -0.504 e. The molecule has 4 N–H and O–H groups in total. The molecule has 2 amide bonds. The molecule has 28 heavy (non-hydrogen) atoms. The summed E-state index contributed by atoms with van der Waals surface area (Å²) in [4.78, 5) is 26.5. The molecule has 0 saturated carbocycles. The van der Waals surface area contributed by atoms with Crippen LogP contribution in [0.2, 0.25) is 10.0 Å². The summed E-state index contributed by atoms with van der Waals surface area (Å²) in [6.45, 7) is 0.779. The number of rotatable bonds is 3. The molecule has 9 heteroatoms. The van der Waals surface area contributed by atoms with E-state index in [0.717, 1.165) is 12.1 Å². The van der Waals surface area contributed by atoms with Crippen molar-refractivity contribution in [3.05, 3.63) is 51.5 Å². The van der Waals surface area contributed by atoms with Crippen LogP contribution in [0, 0.1) is 0 Å². The molecular formula is C19H18Cl2N2O5. The number of benzene rings is 2. The van der Waals surface area contributed by atoms with Crippen LogP contribution < -0.4 is 5.32 Å². The van der Waals surface area contributed by atoms with Gasteiger partial charge in [-0.05, 0) is 43.2 Å². The van der Waals surface area contributed by atoms with Gasteiger partial charge in [0.05, 0.1) is 10.6 Å². The van der Waals surface area contributed by atoms with Crippen molar-refractivity contribution in [1.29, 1.82) is 0 Å². The van der Waals surface area contributed by atoms with Crippen LogP contribution in [0.5, 0.6) is 17.2 Å². The van der Waals surface area contributed by atoms with E-state index in [1.165, 1.54) is 6.07 Å². The smallest absolute Gasteiger partial charge is 0.254 e. The highest BCUT2D eigenvalue weighted by Gasteiger charge is 2.26. The molecule has 0 aromatic heterocycles. The predicted molar refractivity (Wildman–Crippen MR) is 104 cm³/mol. The van der Waals surface area contributed by atoms with Crippen molar-refractivity contribution in [2.45, 2.75) is 18.9 Å².